The molecule has 0 spiro atoms. The molecule has 1 aliphatic heterocycles. The molecule has 144 valence electrons. The molecular formula is C19H13F4N3O2. The van der Waals surface area contributed by atoms with E-state index >= 15 is 0 Å². The molecule has 0 N–H and O–H groups in total. The highest BCUT2D eigenvalue weighted by molar-refractivity contribution is 5.96. The number of benzene rings is 2. The fourth-order valence-corrected chi connectivity index (χ4v) is 3.10. The molecule has 0 bridgehead atoms. The van der Waals surface area contributed by atoms with Crippen LogP contribution in [0.4, 0.5) is 23.2 Å². The van der Waals surface area contributed by atoms with Gasteiger partial charge in [-0.15, -0.1) is 0 Å². The molecule has 2 aromatic carbocycles. The lowest BCUT2D eigenvalue weighted by molar-refractivity contribution is -0.137. The van der Waals surface area contributed by atoms with Gasteiger partial charge in [-0.05, 0) is 36.4 Å². The van der Waals surface area contributed by atoms with Gasteiger partial charge in [-0.25, -0.2) is 4.39 Å². The summed E-state index contributed by atoms with van der Waals surface area (Å²) in [6.07, 6.45) is -4.35. The van der Waals surface area contributed by atoms with Crippen LogP contribution in [0, 0.1) is 5.82 Å². The highest BCUT2D eigenvalue weighted by atomic mass is 19.4. The minimum atomic E-state index is -4.44. The van der Waals surface area contributed by atoms with Crippen LogP contribution in [0.5, 0.6) is 0 Å². The Labute approximate surface area is 156 Å². The molecule has 0 saturated carbocycles. The first kappa shape index (κ1) is 18.1. The topological polar surface area (TPSA) is 59.2 Å². The second-order valence-electron chi connectivity index (χ2n) is 6.42. The Kier molecular flexibility index (Phi) is 4.37. The summed E-state index contributed by atoms with van der Waals surface area (Å²) in [5.41, 5.74) is 0.0281. The first-order valence-electron chi connectivity index (χ1n) is 8.38. The molecule has 1 atom stereocenters. The molecule has 0 aliphatic carbocycles. The third-order valence-corrected chi connectivity index (χ3v) is 4.51. The lowest BCUT2D eigenvalue weighted by Gasteiger charge is -2.17. The first-order chi connectivity index (χ1) is 13.3. The number of rotatable bonds is 3. The van der Waals surface area contributed by atoms with Crippen molar-refractivity contribution >= 4 is 11.6 Å². The monoisotopic (exact) mass is 391 g/mol. The molecule has 1 amide bonds. The van der Waals surface area contributed by atoms with Gasteiger partial charge >= 0.3 is 6.18 Å². The molecule has 3 aromatic rings. The zero-order valence-corrected chi connectivity index (χ0v) is 14.3. The van der Waals surface area contributed by atoms with Crippen molar-refractivity contribution in [3.05, 3.63) is 65.8 Å². The number of nitrogens with zero attached hydrogens (tertiary/aromatic N) is 3. The fraction of sp³-hybridized carbons (Fsp3) is 0.211. The number of carbonyl (C=O) groups is 1. The predicted molar refractivity (Wildman–Crippen MR) is 90.8 cm³/mol. The first-order valence-corrected chi connectivity index (χ1v) is 8.38. The van der Waals surface area contributed by atoms with Gasteiger partial charge in [0, 0.05) is 24.2 Å². The van der Waals surface area contributed by atoms with E-state index in [1.54, 1.807) is 6.07 Å². The molecular weight excluding hydrogens is 378 g/mol. The number of amides is 1. The van der Waals surface area contributed by atoms with Gasteiger partial charge in [0.1, 0.15) is 5.82 Å². The largest absolute Gasteiger partial charge is 0.416 e. The summed E-state index contributed by atoms with van der Waals surface area (Å²) in [5, 5.41) is 3.83. The van der Waals surface area contributed by atoms with Crippen molar-refractivity contribution in [2.75, 3.05) is 11.4 Å². The second-order valence-corrected chi connectivity index (χ2v) is 6.42. The molecule has 5 nitrogen and oxygen atoms in total. The standard InChI is InChI=1S/C19H13F4N3O2/c20-14-3-1-2-11(8-14)17-24-18(28-25-17)12-9-16(27)26(10-12)15-6-4-13(5-7-15)19(21,22)23/h1-8,12H,9-10H2. The third-order valence-electron chi connectivity index (χ3n) is 4.51. The zero-order valence-electron chi connectivity index (χ0n) is 14.3. The van der Waals surface area contributed by atoms with Crippen LogP contribution in [-0.2, 0) is 11.0 Å². The van der Waals surface area contributed by atoms with Crippen LogP contribution in [0.1, 0.15) is 23.8 Å². The van der Waals surface area contributed by atoms with Crippen molar-refractivity contribution in [1.82, 2.24) is 10.1 Å². The van der Waals surface area contributed by atoms with Crippen LogP contribution in [0.3, 0.4) is 0 Å². The van der Waals surface area contributed by atoms with Crippen molar-refractivity contribution in [3.63, 3.8) is 0 Å². The summed E-state index contributed by atoms with van der Waals surface area (Å²) in [5.74, 6) is -0.662. The number of hydrogen-bond acceptors (Lipinski definition) is 4. The van der Waals surface area contributed by atoms with E-state index < -0.39 is 23.5 Å². The Bertz CT molecular complexity index is 1010. The van der Waals surface area contributed by atoms with Crippen molar-refractivity contribution < 1.29 is 26.9 Å². The fourth-order valence-electron chi connectivity index (χ4n) is 3.10. The van der Waals surface area contributed by atoms with E-state index in [0.29, 0.717) is 11.3 Å². The number of anilines is 1. The molecule has 1 fully saturated rings. The van der Waals surface area contributed by atoms with Crippen LogP contribution in [-0.4, -0.2) is 22.6 Å². The van der Waals surface area contributed by atoms with Crippen molar-refractivity contribution in [2.24, 2.45) is 0 Å². The Morgan fingerprint density at radius 1 is 1.11 bits per heavy atom. The summed E-state index contributed by atoms with van der Waals surface area (Å²) >= 11 is 0. The molecule has 2 heterocycles. The summed E-state index contributed by atoms with van der Waals surface area (Å²) in [6.45, 7) is 0.203. The van der Waals surface area contributed by atoms with E-state index in [-0.39, 0.29) is 30.6 Å². The lowest BCUT2D eigenvalue weighted by atomic mass is 10.1. The van der Waals surface area contributed by atoms with Gasteiger partial charge in [-0.3, -0.25) is 4.79 Å². The Morgan fingerprint density at radius 2 is 1.86 bits per heavy atom. The van der Waals surface area contributed by atoms with Gasteiger partial charge in [0.2, 0.25) is 17.6 Å². The highest BCUT2D eigenvalue weighted by Gasteiger charge is 2.36. The van der Waals surface area contributed by atoms with Crippen LogP contribution >= 0.6 is 0 Å². The Balaban J connectivity index is 1.52. The summed E-state index contributed by atoms with van der Waals surface area (Å²) in [4.78, 5) is 18.0. The highest BCUT2D eigenvalue weighted by Crippen LogP contribution is 2.34. The number of hydrogen-bond donors (Lipinski definition) is 0. The van der Waals surface area contributed by atoms with Gasteiger partial charge in [0.15, 0.2) is 0 Å². The average Bonchev–Trinajstić information content (AvgIpc) is 3.28. The van der Waals surface area contributed by atoms with Gasteiger partial charge in [-0.1, -0.05) is 17.3 Å². The molecule has 0 radical (unpaired) electrons. The van der Waals surface area contributed by atoms with Gasteiger partial charge in [-0.2, -0.15) is 18.2 Å². The van der Waals surface area contributed by atoms with Crippen LogP contribution in [0.15, 0.2) is 53.1 Å². The maximum Gasteiger partial charge on any atom is 0.416 e. The number of halogens is 4. The minimum absolute atomic E-state index is 0.0891. The average molecular weight is 391 g/mol. The van der Waals surface area contributed by atoms with Crippen molar-refractivity contribution in [1.29, 1.82) is 0 Å². The molecule has 1 unspecified atom stereocenters. The van der Waals surface area contributed by atoms with E-state index in [2.05, 4.69) is 10.1 Å². The molecule has 4 rings (SSSR count). The Morgan fingerprint density at radius 3 is 2.54 bits per heavy atom. The van der Waals surface area contributed by atoms with Gasteiger partial charge < -0.3 is 9.42 Å². The quantitative estimate of drug-likeness (QED) is 0.621. The molecule has 9 heteroatoms. The Hall–Kier alpha value is -3.23. The number of alkyl halides is 3. The van der Waals surface area contributed by atoms with E-state index in [0.717, 1.165) is 12.1 Å². The van der Waals surface area contributed by atoms with Crippen LogP contribution < -0.4 is 4.90 Å². The van der Waals surface area contributed by atoms with E-state index in [9.17, 15) is 22.4 Å². The smallest absolute Gasteiger partial charge is 0.339 e. The van der Waals surface area contributed by atoms with Gasteiger partial charge in [0.05, 0.1) is 11.5 Å². The lowest BCUT2D eigenvalue weighted by Crippen LogP contribution is -2.24. The van der Waals surface area contributed by atoms with Crippen LogP contribution in [0.2, 0.25) is 0 Å². The number of aromatic nitrogens is 2. The molecule has 1 saturated heterocycles. The zero-order chi connectivity index (χ0) is 19.9. The summed E-state index contributed by atoms with van der Waals surface area (Å²) in [6, 6.07) is 10.1. The maximum absolute atomic E-state index is 13.3. The number of carbonyl (C=O) groups excluding carboxylic acids is 1. The SMILES string of the molecule is O=C1CC(c2nc(-c3cccc(F)c3)no2)CN1c1ccc(C(F)(F)F)cc1. The minimum Gasteiger partial charge on any atom is -0.339 e. The summed E-state index contributed by atoms with van der Waals surface area (Å²) in [7, 11) is 0. The molecule has 1 aliphatic rings. The molecule has 1 aromatic heterocycles. The van der Waals surface area contributed by atoms with E-state index in [4.69, 9.17) is 4.52 Å². The van der Waals surface area contributed by atoms with E-state index in [1.165, 1.54) is 35.2 Å². The third kappa shape index (κ3) is 3.47. The van der Waals surface area contributed by atoms with Crippen LogP contribution in [0.25, 0.3) is 11.4 Å². The summed E-state index contributed by atoms with van der Waals surface area (Å²) < 4.78 is 56.7. The predicted octanol–water partition coefficient (Wildman–Crippen LogP) is 4.42. The molecule has 28 heavy (non-hydrogen) atoms. The maximum atomic E-state index is 13.3. The van der Waals surface area contributed by atoms with Gasteiger partial charge in [0.25, 0.3) is 0 Å². The second kappa shape index (κ2) is 6.74. The van der Waals surface area contributed by atoms with E-state index in [1.807, 2.05) is 0 Å². The van der Waals surface area contributed by atoms with Crippen molar-refractivity contribution in [3.8, 4) is 11.4 Å². The van der Waals surface area contributed by atoms with Crippen molar-refractivity contribution in [2.45, 2.75) is 18.5 Å². The normalized spacial score (nSPS) is 17.4.